The van der Waals surface area contributed by atoms with Gasteiger partial charge in [0.2, 0.25) is 7.37 Å². The highest BCUT2D eigenvalue weighted by atomic mass is 31.2. The van der Waals surface area contributed by atoms with Crippen molar-refractivity contribution in [2.75, 3.05) is 12.9 Å². The molecule has 0 fully saturated rings. The number of carbonyl (C=O) groups is 2. The maximum Gasteiger partial charge on any atom is 0.410 e. The fraction of sp³-hybridized carbons (Fsp3) is 0.300. The first-order valence-corrected chi connectivity index (χ1v) is 11.9. The number of hydrogen-bond acceptors (Lipinski definition) is 10. The van der Waals surface area contributed by atoms with Crippen molar-refractivity contribution >= 4 is 30.8 Å². The number of nitro groups is 2. The number of nitro benzene ring substituents is 2. The lowest BCUT2D eigenvalue weighted by Crippen LogP contribution is -2.28. The van der Waals surface area contributed by atoms with Gasteiger partial charge in [0, 0.05) is 18.6 Å². The van der Waals surface area contributed by atoms with Crippen molar-refractivity contribution in [2.24, 2.45) is 0 Å². The molecule has 3 N–H and O–H groups in total. The molecule has 1 amide bonds. The van der Waals surface area contributed by atoms with Gasteiger partial charge in [-0.3, -0.25) is 34.9 Å². The number of rotatable bonds is 12. The Morgan fingerprint density at radius 1 is 1.06 bits per heavy atom. The summed E-state index contributed by atoms with van der Waals surface area (Å²) < 4.78 is 22.2. The molecule has 0 saturated heterocycles. The molecule has 2 atom stereocenters. The average Bonchev–Trinajstić information content (AvgIpc) is 2.82. The molecule has 0 spiro atoms. The van der Waals surface area contributed by atoms with Crippen molar-refractivity contribution in [1.82, 2.24) is 5.32 Å². The maximum atomic E-state index is 12.5. The van der Waals surface area contributed by atoms with Gasteiger partial charge in [0.15, 0.2) is 12.6 Å². The lowest BCUT2D eigenvalue weighted by molar-refractivity contribution is -0.394. The molecule has 0 heterocycles. The van der Waals surface area contributed by atoms with E-state index in [1.807, 2.05) is 0 Å². The summed E-state index contributed by atoms with van der Waals surface area (Å²) in [7, 11) is -4.46. The Morgan fingerprint density at radius 2 is 1.74 bits per heavy atom. The van der Waals surface area contributed by atoms with E-state index in [0.29, 0.717) is 6.07 Å². The molecule has 15 heteroatoms. The van der Waals surface area contributed by atoms with E-state index in [-0.39, 0.29) is 19.4 Å². The van der Waals surface area contributed by atoms with E-state index in [1.54, 1.807) is 30.3 Å². The van der Waals surface area contributed by atoms with Crippen LogP contribution in [0.1, 0.15) is 29.8 Å². The number of benzene rings is 2. The van der Waals surface area contributed by atoms with Crippen LogP contribution < -0.4 is 5.32 Å². The molecule has 1 unspecified atom stereocenters. The Bertz CT molecular complexity index is 1130. The maximum absolute atomic E-state index is 12.5. The van der Waals surface area contributed by atoms with E-state index < -0.39 is 65.0 Å². The molecule has 188 valence electrons. The molecular weight excluding hydrogens is 489 g/mol. The first-order chi connectivity index (χ1) is 16.5. The number of ether oxygens (including phenoxy) is 2. The summed E-state index contributed by atoms with van der Waals surface area (Å²) in [4.78, 5) is 53.6. The highest BCUT2D eigenvalue weighted by Crippen LogP contribution is 2.56. The summed E-state index contributed by atoms with van der Waals surface area (Å²) in [6, 6.07) is 11.1. The molecule has 0 bridgehead atoms. The molecule has 2 rings (SSSR count). The summed E-state index contributed by atoms with van der Waals surface area (Å²) in [5.74, 6) is -3.01. The van der Waals surface area contributed by atoms with Crippen LogP contribution >= 0.6 is 7.37 Å². The molecule has 14 nitrogen and oxygen atoms in total. The van der Waals surface area contributed by atoms with Crippen LogP contribution in [0.25, 0.3) is 0 Å². The van der Waals surface area contributed by atoms with E-state index in [2.05, 4.69) is 5.32 Å². The molecule has 0 aliphatic rings. The lowest BCUT2D eigenvalue weighted by atomic mass is 10.1. The fourth-order valence-corrected chi connectivity index (χ4v) is 4.34. The van der Waals surface area contributed by atoms with Gasteiger partial charge in [-0.25, -0.2) is 4.79 Å². The van der Waals surface area contributed by atoms with Gasteiger partial charge in [-0.1, -0.05) is 30.3 Å². The Balaban J connectivity index is 1.79. The van der Waals surface area contributed by atoms with Crippen molar-refractivity contribution in [1.29, 1.82) is 0 Å². The Kier molecular flexibility index (Phi) is 9.82. The van der Waals surface area contributed by atoms with Crippen LogP contribution in [0.15, 0.2) is 48.5 Å². The minimum Gasteiger partial charge on any atom is -0.445 e. The zero-order chi connectivity index (χ0) is 26.0. The van der Waals surface area contributed by atoms with Crippen LogP contribution in [-0.4, -0.2) is 44.8 Å². The molecule has 2 aromatic rings. The van der Waals surface area contributed by atoms with Crippen LogP contribution in [0.2, 0.25) is 0 Å². The normalized spacial score (nSPS) is 13.2. The largest absolute Gasteiger partial charge is 0.445 e. The molecule has 0 aliphatic carbocycles. The standard InChI is InChI=1S/C20H22N3O11P/c24-18(34-13-21-20(26)33-12-14-5-2-1-3-6-14)7-4-10-35(31,32)19(25)16-9-8-15(22(27)28)11-17(16)23(29)30/h1-3,5-6,8-9,11,19,25H,4,7,10,12-13H2,(H,21,26)(H,31,32)/t19-/m0/s1. The highest BCUT2D eigenvalue weighted by Gasteiger charge is 2.36. The number of amides is 1. The van der Waals surface area contributed by atoms with E-state index >= 15 is 0 Å². The SMILES string of the molecule is O=C(CCCP(=O)(O)[C@H](O)c1ccc([N+](=O)[O-])cc1[N+](=O)[O-])OCNC(=O)OCc1ccccc1. The van der Waals surface area contributed by atoms with Crippen molar-refractivity contribution in [3.8, 4) is 0 Å². The third-order valence-electron chi connectivity index (χ3n) is 4.60. The Morgan fingerprint density at radius 3 is 2.37 bits per heavy atom. The van der Waals surface area contributed by atoms with Crippen LogP contribution in [0.4, 0.5) is 16.2 Å². The Labute approximate surface area is 198 Å². The third-order valence-corrected chi connectivity index (χ3v) is 6.60. The van der Waals surface area contributed by atoms with Crippen molar-refractivity contribution in [3.05, 3.63) is 79.9 Å². The number of esters is 1. The van der Waals surface area contributed by atoms with Gasteiger partial charge in [0.1, 0.15) is 6.61 Å². The average molecular weight is 511 g/mol. The minimum atomic E-state index is -4.46. The van der Waals surface area contributed by atoms with Gasteiger partial charge in [-0.2, -0.15) is 0 Å². The van der Waals surface area contributed by atoms with Crippen LogP contribution in [0.3, 0.4) is 0 Å². The van der Waals surface area contributed by atoms with Crippen LogP contribution in [0, 0.1) is 20.2 Å². The molecule has 0 saturated carbocycles. The number of non-ortho nitro benzene ring substituents is 1. The monoisotopic (exact) mass is 511 g/mol. The highest BCUT2D eigenvalue weighted by molar-refractivity contribution is 7.58. The second-order valence-electron chi connectivity index (χ2n) is 7.11. The first-order valence-electron chi connectivity index (χ1n) is 10.0. The Hall–Kier alpha value is -3.87. The molecule has 35 heavy (non-hydrogen) atoms. The van der Waals surface area contributed by atoms with Gasteiger partial charge in [-0.15, -0.1) is 0 Å². The summed E-state index contributed by atoms with van der Waals surface area (Å²) in [6.45, 7) is -0.484. The number of alkyl carbamates (subject to hydrolysis) is 1. The molecular formula is C20H22N3O11P. The minimum absolute atomic E-state index is 0.0155. The van der Waals surface area contributed by atoms with Gasteiger partial charge in [0.05, 0.1) is 21.5 Å². The lowest BCUT2D eigenvalue weighted by Gasteiger charge is -2.18. The zero-order valence-electron chi connectivity index (χ0n) is 18.1. The topological polar surface area (TPSA) is 208 Å². The predicted molar refractivity (Wildman–Crippen MR) is 119 cm³/mol. The van der Waals surface area contributed by atoms with Crippen molar-refractivity contribution in [2.45, 2.75) is 25.3 Å². The van der Waals surface area contributed by atoms with Gasteiger partial charge in [0.25, 0.3) is 11.4 Å². The van der Waals surface area contributed by atoms with Crippen LogP contribution in [0.5, 0.6) is 0 Å². The van der Waals surface area contributed by atoms with E-state index in [1.165, 1.54) is 0 Å². The van der Waals surface area contributed by atoms with Crippen molar-refractivity contribution < 1.29 is 43.5 Å². The summed E-state index contributed by atoms with van der Waals surface area (Å²) in [5, 5.41) is 34.4. The van der Waals surface area contributed by atoms with E-state index in [9.17, 15) is 44.4 Å². The zero-order valence-corrected chi connectivity index (χ0v) is 19.0. The van der Waals surface area contributed by atoms with Crippen molar-refractivity contribution in [3.63, 3.8) is 0 Å². The smallest absolute Gasteiger partial charge is 0.410 e. The number of carbonyl (C=O) groups excluding carboxylic acids is 2. The molecule has 0 radical (unpaired) electrons. The number of nitrogens with one attached hydrogen (secondary N) is 1. The van der Waals surface area contributed by atoms with Gasteiger partial charge >= 0.3 is 12.1 Å². The molecule has 0 aliphatic heterocycles. The molecule has 2 aromatic carbocycles. The number of aliphatic hydroxyl groups excluding tert-OH is 1. The van der Waals surface area contributed by atoms with E-state index in [4.69, 9.17) is 9.47 Å². The summed E-state index contributed by atoms with van der Waals surface area (Å²) >= 11 is 0. The summed E-state index contributed by atoms with van der Waals surface area (Å²) in [5.41, 5.74) is -1.31. The number of aliphatic hydroxyl groups is 1. The van der Waals surface area contributed by atoms with E-state index in [0.717, 1.165) is 17.7 Å². The van der Waals surface area contributed by atoms with Crippen LogP contribution in [-0.2, 0) is 25.4 Å². The second kappa shape index (κ2) is 12.6. The third kappa shape index (κ3) is 8.45. The fourth-order valence-electron chi connectivity index (χ4n) is 2.83. The van der Waals surface area contributed by atoms with Gasteiger partial charge < -0.3 is 19.5 Å². The quantitative estimate of drug-likeness (QED) is 0.124. The number of hydrogen-bond donors (Lipinski definition) is 3. The second-order valence-corrected chi connectivity index (χ2v) is 9.56. The number of nitrogens with zero attached hydrogens (tertiary/aromatic N) is 2. The first kappa shape index (κ1) is 27.4. The van der Waals surface area contributed by atoms with Gasteiger partial charge in [-0.05, 0) is 18.1 Å². The summed E-state index contributed by atoms with van der Waals surface area (Å²) in [6.07, 6.45) is -1.98. The molecule has 0 aromatic heterocycles. The predicted octanol–water partition coefficient (Wildman–Crippen LogP) is 2.97.